The van der Waals surface area contributed by atoms with E-state index >= 15 is 0 Å². The second-order valence-corrected chi connectivity index (χ2v) is 7.95. The number of likely N-dealkylation sites (N-methyl/N-ethyl adjacent to an activating group) is 1. The van der Waals surface area contributed by atoms with Crippen molar-refractivity contribution < 1.29 is 19.1 Å². The lowest BCUT2D eigenvalue weighted by Crippen LogP contribution is -2.38. The van der Waals surface area contributed by atoms with E-state index in [4.69, 9.17) is 9.47 Å². The van der Waals surface area contributed by atoms with Crippen LogP contribution in [0.15, 0.2) is 23.6 Å². The van der Waals surface area contributed by atoms with Crippen molar-refractivity contribution in [1.82, 2.24) is 4.90 Å². The van der Waals surface area contributed by atoms with E-state index in [1.54, 1.807) is 34.4 Å². The summed E-state index contributed by atoms with van der Waals surface area (Å²) in [6, 6.07) is 5.31. The second kappa shape index (κ2) is 8.22. The molecule has 6 nitrogen and oxygen atoms in total. The average Bonchev–Trinajstić information content (AvgIpc) is 3.15. The average molecular weight is 401 g/mol. The van der Waals surface area contributed by atoms with E-state index in [1.807, 2.05) is 12.3 Å². The van der Waals surface area contributed by atoms with Crippen molar-refractivity contribution in [3.63, 3.8) is 0 Å². The first-order valence-electron chi connectivity index (χ1n) is 9.73. The van der Waals surface area contributed by atoms with Crippen LogP contribution >= 0.6 is 11.3 Å². The van der Waals surface area contributed by atoms with Crippen molar-refractivity contribution in [1.29, 1.82) is 0 Å². The highest BCUT2D eigenvalue weighted by Gasteiger charge is 2.24. The molecule has 1 N–H and O–H groups in total. The number of anilines is 1. The van der Waals surface area contributed by atoms with Crippen LogP contribution in [0.1, 0.15) is 40.6 Å². The summed E-state index contributed by atoms with van der Waals surface area (Å²) < 4.78 is 11.0. The van der Waals surface area contributed by atoms with Crippen molar-refractivity contribution in [3.8, 4) is 11.5 Å². The van der Waals surface area contributed by atoms with Crippen molar-refractivity contribution >= 4 is 28.8 Å². The molecule has 28 heavy (non-hydrogen) atoms. The van der Waals surface area contributed by atoms with Crippen molar-refractivity contribution in [2.45, 2.75) is 32.6 Å². The highest BCUT2D eigenvalue weighted by atomic mass is 32.1. The van der Waals surface area contributed by atoms with Crippen LogP contribution in [0, 0.1) is 0 Å². The van der Waals surface area contributed by atoms with E-state index in [9.17, 15) is 9.59 Å². The molecule has 1 aliphatic heterocycles. The van der Waals surface area contributed by atoms with Gasteiger partial charge in [0.1, 0.15) is 19.8 Å². The molecule has 4 rings (SSSR count). The van der Waals surface area contributed by atoms with Gasteiger partial charge in [-0.3, -0.25) is 9.59 Å². The van der Waals surface area contributed by atoms with Crippen LogP contribution in [0.5, 0.6) is 11.5 Å². The van der Waals surface area contributed by atoms with Crippen molar-refractivity contribution in [3.05, 3.63) is 39.6 Å². The van der Waals surface area contributed by atoms with Crippen LogP contribution in [0.2, 0.25) is 0 Å². The van der Waals surface area contributed by atoms with Gasteiger partial charge in [-0.25, -0.2) is 0 Å². The van der Waals surface area contributed by atoms with Gasteiger partial charge in [0, 0.05) is 28.6 Å². The zero-order chi connectivity index (χ0) is 19.5. The van der Waals surface area contributed by atoms with E-state index in [2.05, 4.69) is 5.32 Å². The quantitative estimate of drug-likeness (QED) is 0.834. The Hall–Kier alpha value is -2.54. The van der Waals surface area contributed by atoms with Gasteiger partial charge in [-0.05, 0) is 50.3 Å². The van der Waals surface area contributed by atoms with E-state index in [0.29, 0.717) is 36.9 Å². The minimum absolute atomic E-state index is 0.0222. The number of carbonyl (C=O) groups excluding carboxylic acids is 2. The number of ether oxygens (including phenoxy) is 2. The van der Waals surface area contributed by atoms with Gasteiger partial charge >= 0.3 is 0 Å². The molecule has 2 amide bonds. The lowest BCUT2D eigenvalue weighted by atomic mass is 9.95. The second-order valence-electron chi connectivity index (χ2n) is 6.98. The van der Waals surface area contributed by atoms with Gasteiger partial charge < -0.3 is 19.7 Å². The number of hydrogen-bond donors (Lipinski definition) is 1. The first-order valence-corrected chi connectivity index (χ1v) is 10.6. The predicted octanol–water partition coefficient (Wildman–Crippen LogP) is 3.50. The molecular weight excluding hydrogens is 376 g/mol. The van der Waals surface area contributed by atoms with Gasteiger partial charge in [0.25, 0.3) is 5.91 Å². The van der Waals surface area contributed by atoms with Gasteiger partial charge in [-0.1, -0.05) is 0 Å². The third-order valence-electron chi connectivity index (χ3n) is 5.12. The number of nitrogens with zero attached hydrogens (tertiary/aromatic N) is 1. The Morgan fingerprint density at radius 3 is 2.75 bits per heavy atom. The molecule has 0 fully saturated rings. The van der Waals surface area contributed by atoms with E-state index in [-0.39, 0.29) is 18.4 Å². The van der Waals surface area contributed by atoms with Crippen molar-refractivity contribution in [2.24, 2.45) is 0 Å². The Morgan fingerprint density at radius 1 is 1.14 bits per heavy atom. The van der Waals surface area contributed by atoms with Gasteiger partial charge in [0.2, 0.25) is 5.91 Å². The molecule has 0 radical (unpaired) electrons. The fourth-order valence-electron chi connectivity index (χ4n) is 3.67. The summed E-state index contributed by atoms with van der Waals surface area (Å²) in [5.74, 6) is 1.02. The summed E-state index contributed by atoms with van der Waals surface area (Å²) in [7, 11) is 0. The van der Waals surface area contributed by atoms with Crippen LogP contribution < -0.4 is 14.8 Å². The highest BCUT2D eigenvalue weighted by molar-refractivity contribution is 7.10. The zero-order valence-corrected chi connectivity index (χ0v) is 16.8. The molecule has 148 valence electrons. The highest BCUT2D eigenvalue weighted by Crippen LogP contribution is 2.33. The minimum Gasteiger partial charge on any atom is -0.486 e. The molecule has 0 saturated carbocycles. The Balaban J connectivity index is 1.42. The monoisotopic (exact) mass is 400 g/mol. The molecule has 0 atom stereocenters. The first-order chi connectivity index (χ1) is 13.7. The van der Waals surface area contributed by atoms with Gasteiger partial charge in [-0.2, -0.15) is 0 Å². The maximum Gasteiger partial charge on any atom is 0.255 e. The smallest absolute Gasteiger partial charge is 0.255 e. The first kappa shape index (κ1) is 18.8. The van der Waals surface area contributed by atoms with Crippen LogP contribution in [-0.2, 0) is 17.6 Å². The Labute approximate surface area is 168 Å². The third-order valence-corrected chi connectivity index (χ3v) is 6.21. The van der Waals surface area contributed by atoms with Crippen LogP contribution in [0.3, 0.4) is 0 Å². The minimum atomic E-state index is -0.226. The molecule has 7 heteroatoms. The normalized spacial score (nSPS) is 14.9. The summed E-state index contributed by atoms with van der Waals surface area (Å²) in [5, 5.41) is 4.81. The third kappa shape index (κ3) is 3.85. The molecule has 2 aromatic rings. The number of fused-ring (bicyclic) bond motifs is 2. The van der Waals surface area contributed by atoms with Crippen LogP contribution in [0.25, 0.3) is 0 Å². The SMILES string of the molecule is CCN(CC(=O)Nc1ccc2c(c1)OCCO2)C(=O)c1csc2c1CCCC2. The molecule has 0 bridgehead atoms. The molecule has 0 saturated heterocycles. The Kier molecular flexibility index (Phi) is 5.52. The molecule has 1 aliphatic carbocycles. The van der Waals surface area contributed by atoms with Crippen LogP contribution in [0.4, 0.5) is 5.69 Å². The summed E-state index contributed by atoms with van der Waals surface area (Å²) in [5.41, 5.74) is 2.59. The number of carbonyl (C=O) groups is 2. The number of thiophene rings is 1. The molecule has 1 aromatic carbocycles. The standard InChI is InChI=1S/C21H24N2O4S/c1-2-23(21(25)16-13-28-19-6-4-3-5-15(16)19)12-20(24)22-14-7-8-17-18(11-14)27-10-9-26-17/h7-8,11,13H,2-6,9-10,12H2,1H3,(H,22,24). The van der Waals surface area contributed by atoms with E-state index in [1.165, 1.54) is 16.9 Å². The van der Waals surface area contributed by atoms with Gasteiger partial charge in [-0.15, -0.1) is 11.3 Å². The fourth-order valence-corrected chi connectivity index (χ4v) is 4.79. The summed E-state index contributed by atoms with van der Waals surface area (Å²) in [6.07, 6.45) is 4.34. The molecule has 0 spiro atoms. The van der Waals surface area contributed by atoms with Gasteiger partial charge in [0.15, 0.2) is 11.5 Å². The van der Waals surface area contributed by atoms with Crippen molar-refractivity contribution in [2.75, 3.05) is 31.6 Å². The van der Waals surface area contributed by atoms with E-state index in [0.717, 1.165) is 24.8 Å². The Bertz CT molecular complexity index is 893. The number of nitrogens with one attached hydrogen (secondary N) is 1. The number of benzene rings is 1. The molecular formula is C21H24N2O4S. The number of aryl methyl sites for hydroxylation is 1. The largest absolute Gasteiger partial charge is 0.486 e. The van der Waals surface area contributed by atoms with Gasteiger partial charge in [0.05, 0.1) is 5.56 Å². The fraction of sp³-hybridized carbons (Fsp3) is 0.429. The number of amides is 2. The summed E-state index contributed by atoms with van der Waals surface area (Å²) in [6.45, 7) is 3.42. The molecule has 2 heterocycles. The lowest BCUT2D eigenvalue weighted by molar-refractivity contribution is -0.116. The summed E-state index contributed by atoms with van der Waals surface area (Å²) in [4.78, 5) is 28.5. The maximum atomic E-state index is 13.0. The van der Waals surface area contributed by atoms with Crippen LogP contribution in [-0.4, -0.2) is 43.0 Å². The maximum absolute atomic E-state index is 13.0. The summed E-state index contributed by atoms with van der Waals surface area (Å²) >= 11 is 1.67. The lowest BCUT2D eigenvalue weighted by Gasteiger charge is -2.22. The topological polar surface area (TPSA) is 67.9 Å². The number of rotatable bonds is 5. The Morgan fingerprint density at radius 2 is 1.93 bits per heavy atom. The molecule has 0 unspecified atom stereocenters. The predicted molar refractivity (Wildman–Crippen MR) is 109 cm³/mol. The molecule has 2 aliphatic rings. The number of hydrogen-bond acceptors (Lipinski definition) is 5. The van der Waals surface area contributed by atoms with E-state index < -0.39 is 0 Å². The zero-order valence-electron chi connectivity index (χ0n) is 16.0. The molecule has 1 aromatic heterocycles.